The highest BCUT2D eigenvalue weighted by Gasteiger charge is 2.22. The first-order valence-corrected chi connectivity index (χ1v) is 33.7. The second-order valence-electron chi connectivity index (χ2n) is 23.4. The maximum absolute atomic E-state index is 12.9. The van der Waals surface area contributed by atoms with Crippen LogP contribution in [0.3, 0.4) is 0 Å². The summed E-state index contributed by atoms with van der Waals surface area (Å²) in [4.78, 5) is 37.4. The molecule has 2 atom stereocenters. The SMILES string of the molecule is CC/C=C\C/C=C\C/C=C\C/C=C\C/C=C\C/C=C\C/C=C\C/C=C\C/C=C\C/C=C\CCCCCCCCC(=O)OC(COC(=O)CCCCCCCCCCCCCCCCCCCCCCC)COC(OCC[N+](C)(C)C)C(=O)[O-]. The molecule has 0 aliphatic carbocycles. The van der Waals surface area contributed by atoms with Crippen molar-refractivity contribution >= 4 is 17.9 Å². The number of allylic oxidation sites excluding steroid dienone is 20. The van der Waals surface area contributed by atoms with E-state index >= 15 is 0 Å². The van der Waals surface area contributed by atoms with Crippen molar-refractivity contribution in [2.24, 2.45) is 0 Å². The fourth-order valence-electron chi connectivity index (χ4n) is 9.10. The highest BCUT2D eigenvalue weighted by Crippen LogP contribution is 2.17. The van der Waals surface area contributed by atoms with Gasteiger partial charge in [-0.2, -0.15) is 0 Å². The summed E-state index contributed by atoms with van der Waals surface area (Å²) < 4.78 is 22.8. The number of hydrogen-bond acceptors (Lipinski definition) is 8. The van der Waals surface area contributed by atoms with Crippen molar-refractivity contribution in [1.29, 1.82) is 0 Å². The molecule has 83 heavy (non-hydrogen) atoms. The van der Waals surface area contributed by atoms with Gasteiger partial charge in [-0.3, -0.25) is 9.59 Å². The normalized spacial score (nSPS) is 13.5. The van der Waals surface area contributed by atoms with Gasteiger partial charge in [0, 0.05) is 12.8 Å². The third-order valence-electron chi connectivity index (χ3n) is 14.2. The summed E-state index contributed by atoms with van der Waals surface area (Å²) in [5.41, 5.74) is 0. The zero-order valence-electron chi connectivity index (χ0n) is 54.0. The highest BCUT2D eigenvalue weighted by molar-refractivity contribution is 5.70. The van der Waals surface area contributed by atoms with Crippen LogP contribution in [0, 0.1) is 0 Å². The molecule has 0 N–H and O–H groups in total. The van der Waals surface area contributed by atoms with E-state index < -0.39 is 24.3 Å². The van der Waals surface area contributed by atoms with Crippen LogP contribution in [0.15, 0.2) is 122 Å². The lowest BCUT2D eigenvalue weighted by atomic mass is 10.0. The lowest BCUT2D eigenvalue weighted by molar-refractivity contribution is -0.870. The number of aliphatic carboxylic acids is 1. The van der Waals surface area contributed by atoms with Crippen molar-refractivity contribution < 1.29 is 42.9 Å². The average Bonchev–Trinajstić information content (AvgIpc) is 3.46. The molecule has 474 valence electrons. The minimum Gasteiger partial charge on any atom is -0.545 e. The number of carboxylic acids is 1. The fraction of sp³-hybridized carbons (Fsp3) is 0.689. The number of ether oxygens (including phenoxy) is 4. The summed E-state index contributed by atoms with van der Waals surface area (Å²) in [6, 6.07) is 0. The van der Waals surface area contributed by atoms with E-state index in [1.165, 1.54) is 116 Å². The molecule has 9 heteroatoms. The second-order valence-corrected chi connectivity index (χ2v) is 23.4. The molecule has 0 rings (SSSR count). The average molecular weight is 1160 g/mol. The Labute approximate surface area is 510 Å². The first-order valence-electron chi connectivity index (χ1n) is 33.7. The van der Waals surface area contributed by atoms with Gasteiger partial charge in [0.25, 0.3) is 0 Å². The molecule has 0 saturated heterocycles. The van der Waals surface area contributed by atoms with Gasteiger partial charge in [-0.25, -0.2) is 0 Å². The monoisotopic (exact) mass is 1160 g/mol. The van der Waals surface area contributed by atoms with Gasteiger partial charge in [0.15, 0.2) is 12.4 Å². The van der Waals surface area contributed by atoms with E-state index in [0.29, 0.717) is 17.4 Å². The lowest BCUT2D eigenvalue weighted by Gasteiger charge is -2.26. The quantitative estimate of drug-likeness (QED) is 0.0195. The molecule has 0 aromatic rings. The van der Waals surface area contributed by atoms with Crippen LogP contribution in [-0.4, -0.2) is 82.3 Å². The van der Waals surface area contributed by atoms with E-state index in [9.17, 15) is 19.5 Å². The van der Waals surface area contributed by atoms with Gasteiger partial charge >= 0.3 is 11.9 Å². The summed E-state index contributed by atoms with van der Waals surface area (Å²) in [6.45, 7) is 4.63. The molecule has 0 spiro atoms. The molecule has 0 aliphatic heterocycles. The Morgan fingerprint density at radius 1 is 0.373 bits per heavy atom. The van der Waals surface area contributed by atoms with Crippen LogP contribution in [0.4, 0.5) is 0 Å². The number of rotatable bonds is 61. The number of hydrogen-bond donors (Lipinski definition) is 0. The summed E-state index contributed by atoms with van der Waals surface area (Å²) in [7, 11) is 5.92. The Bertz CT molecular complexity index is 1780. The van der Waals surface area contributed by atoms with Crippen LogP contribution in [0.5, 0.6) is 0 Å². The van der Waals surface area contributed by atoms with Crippen molar-refractivity contribution in [1.82, 2.24) is 0 Å². The molecule has 0 amide bonds. The standard InChI is InChI=1S/C74H125NO8/c1-6-8-10-12-14-16-18-20-22-24-26-28-29-30-31-32-33-34-35-36-37-38-39-40-41-42-43-45-47-49-51-53-55-57-59-61-63-65-72(77)83-70(69-82-74(73(78)79)80-67-66-75(3,4)5)68-81-71(76)64-62-60-58-56-54-52-50-48-46-44-27-25-23-21-19-17-15-13-11-9-7-2/h8,10,14,16,20,22,26,28,30-31,33-34,36-37,39-40,42-43,47,49,70,74H,6-7,9,11-13,15,17-19,21,23-25,27,29,32,35,38,41,44-46,48,50-69H2,1-5H3/b10-8-,16-14-,22-20-,28-26-,31-30-,34-33-,37-36-,40-39-,43-42-,49-47-. The van der Waals surface area contributed by atoms with Crippen LogP contribution >= 0.6 is 0 Å². The van der Waals surface area contributed by atoms with Crippen LogP contribution in [0.1, 0.15) is 271 Å². The van der Waals surface area contributed by atoms with Crippen molar-refractivity contribution in [2.75, 3.05) is 47.5 Å². The van der Waals surface area contributed by atoms with Gasteiger partial charge in [-0.15, -0.1) is 0 Å². The van der Waals surface area contributed by atoms with Gasteiger partial charge < -0.3 is 33.3 Å². The predicted molar refractivity (Wildman–Crippen MR) is 352 cm³/mol. The Balaban J connectivity index is 4.22. The molecular weight excluding hydrogens is 1030 g/mol. The van der Waals surface area contributed by atoms with Crippen molar-refractivity contribution in [3.05, 3.63) is 122 Å². The smallest absolute Gasteiger partial charge is 0.306 e. The van der Waals surface area contributed by atoms with E-state index in [0.717, 1.165) is 122 Å². The van der Waals surface area contributed by atoms with Crippen molar-refractivity contribution in [3.63, 3.8) is 0 Å². The van der Waals surface area contributed by atoms with Crippen molar-refractivity contribution in [3.8, 4) is 0 Å². The van der Waals surface area contributed by atoms with Crippen LogP contribution in [0.2, 0.25) is 0 Å². The summed E-state index contributed by atoms with van der Waals surface area (Å²) in [6.07, 6.45) is 86.9. The Hall–Kier alpha value is -4.31. The molecule has 0 radical (unpaired) electrons. The van der Waals surface area contributed by atoms with Crippen molar-refractivity contribution in [2.45, 2.75) is 283 Å². The van der Waals surface area contributed by atoms with Gasteiger partial charge in [0.2, 0.25) is 0 Å². The first-order chi connectivity index (χ1) is 40.6. The molecule has 0 aromatic carbocycles. The first kappa shape index (κ1) is 78.7. The van der Waals surface area contributed by atoms with Gasteiger partial charge in [0.05, 0.1) is 40.3 Å². The molecule has 0 heterocycles. The minimum absolute atomic E-state index is 0.140. The number of esters is 2. The molecule has 0 saturated carbocycles. The highest BCUT2D eigenvalue weighted by atomic mass is 16.7. The maximum atomic E-state index is 12.9. The minimum atomic E-state index is -1.63. The van der Waals surface area contributed by atoms with Crippen LogP contribution in [0.25, 0.3) is 0 Å². The zero-order valence-corrected chi connectivity index (χ0v) is 54.0. The third kappa shape index (κ3) is 65.1. The Kier molecular flexibility index (Phi) is 60.4. The largest absolute Gasteiger partial charge is 0.545 e. The summed E-state index contributed by atoms with van der Waals surface area (Å²) in [5.74, 6) is -2.30. The Morgan fingerprint density at radius 2 is 0.687 bits per heavy atom. The van der Waals surface area contributed by atoms with E-state index in [4.69, 9.17) is 18.9 Å². The number of carbonyl (C=O) groups is 3. The molecule has 0 aliphatic rings. The summed E-state index contributed by atoms with van der Waals surface area (Å²) >= 11 is 0. The van der Waals surface area contributed by atoms with Gasteiger partial charge in [0.1, 0.15) is 13.2 Å². The number of nitrogens with zero attached hydrogens (tertiary/aromatic N) is 1. The number of likely N-dealkylation sites (N-methyl/N-ethyl adjacent to an activating group) is 1. The maximum Gasteiger partial charge on any atom is 0.306 e. The van der Waals surface area contributed by atoms with Crippen LogP contribution in [-0.2, 0) is 33.3 Å². The third-order valence-corrected chi connectivity index (χ3v) is 14.2. The second kappa shape index (κ2) is 63.7. The fourth-order valence-corrected chi connectivity index (χ4v) is 9.10. The number of carbonyl (C=O) groups excluding carboxylic acids is 3. The number of carboxylic acid groups (broad SMARTS) is 1. The molecule has 0 aromatic heterocycles. The molecule has 0 fully saturated rings. The molecule has 9 nitrogen and oxygen atoms in total. The van der Waals surface area contributed by atoms with Gasteiger partial charge in [-0.05, 0) is 89.9 Å². The number of unbranched alkanes of at least 4 members (excludes halogenated alkanes) is 26. The van der Waals surface area contributed by atoms with E-state index in [1.54, 1.807) is 0 Å². The molecular formula is C74H125NO8. The predicted octanol–water partition coefficient (Wildman–Crippen LogP) is 19.5. The van der Waals surface area contributed by atoms with Gasteiger partial charge in [-0.1, -0.05) is 289 Å². The zero-order chi connectivity index (χ0) is 60.5. The van der Waals surface area contributed by atoms with E-state index in [2.05, 4.69) is 135 Å². The Morgan fingerprint density at radius 3 is 1.02 bits per heavy atom. The molecule has 0 bridgehead atoms. The molecule has 2 unspecified atom stereocenters. The van der Waals surface area contributed by atoms with Crippen LogP contribution < -0.4 is 5.11 Å². The van der Waals surface area contributed by atoms with E-state index in [-0.39, 0.29) is 38.6 Å². The summed E-state index contributed by atoms with van der Waals surface area (Å²) in [5, 5.41) is 11.8. The van der Waals surface area contributed by atoms with E-state index in [1.807, 2.05) is 21.1 Å². The lowest BCUT2D eigenvalue weighted by Crippen LogP contribution is -2.44. The number of quaternary nitrogens is 1. The topological polar surface area (TPSA) is 111 Å².